The van der Waals surface area contributed by atoms with Gasteiger partial charge < -0.3 is 14.5 Å². The lowest BCUT2D eigenvalue weighted by Crippen LogP contribution is -2.49. The van der Waals surface area contributed by atoms with Crippen molar-refractivity contribution in [2.75, 3.05) is 43.9 Å². The zero-order chi connectivity index (χ0) is 22.8. The zero-order valence-electron chi connectivity index (χ0n) is 16.4. The lowest BCUT2D eigenvalue weighted by molar-refractivity contribution is -0.153. The van der Waals surface area contributed by atoms with E-state index in [1.54, 1.807) is 6.20 Å². The van der Waals surface area contributed by atoms with Crippen molar-refractivity contribution < 1.29 is 31.1 Å². The molecule has 31 heavy (non-hydrogen) atoms. The fourth-order valence-electron chi connectivity index (χ4n) is 3.06. The van der Waals surface area contributed by atoms with Crippen LogP contribution >= 0.6 is 15.9 Å². The largest absolute Gasteiger partial charge is 0.483 e. The molecule has 0 radical (unpaired) electrons. The molecule has 1 aromatic carbocycles. The Labute approximate surface area is 185 Å². The third kappa shape index (κ3) is 6.10. The molecule has 2 heterocycles. The van der Waals surface area contributed by atoms with Crippen molar-refractivity contribution in [2.24, 2.45) is 0 Å². The van der Waals surface area contributed by atoms with Gasteiger partial charge in [-0.1, -0.05) is 0 Å². The van der Waals surface area contributed by atoms with E-state index in [-0.39, 0.29) is 16.2 Å². The quantitative estimate of drug-likeness (QED) is 0.601. The van der Waals surface area contributed by atoms with Crippen molar-refractivity contribution >= 4 is 37.5 Å². The van der Waals surface area contributed by atoms with Gasteiger partial charge in [0.25, 0.3) is 5.91 Å². The highest BCUT2D eigenvalue weighted by molar-refractivity contribution is 9.10. The highest BCUT2D eigenvalue weighted by Gasteiger charge is 2.31. The van der Waals surface area contributed by atoms with E-state index in [1.165, 1.54) is 4.90 Å². The van der Waals surface area contributed by atoms with Gasteiger partial charge in [-0.25, -0.2) is 13.4 Å². The molecular weight excluding hydrogens is 503 g/mol. The smallest absolute Gasteiger partial charge is 0.422 e. The molecule has 0 bridgehead atoms. The highest BCUT2D eigenvalue weighted by Crippen LogP contribution is 2.27. The number of pyridine rings is 1. The van der Waals surface area contributed by atoms with Crippen LogP contribution in [0.15, 0.2) is 45.9 Å². The average Bonchev–Trinajstić information content (AvgIpc) is 2.71. The Kier molecular flexibility index (Phi) is 6.79. The molecule has 0 unspecified atom stereocenters. The molecule has 0 atom stereocenters. The summed E-state index contributed by atoms with van der Waals surface area (Å²) in [4.78, 5) is 20.6. The minimum Gasteiger partial charge on any atom is -0.483 e. The van der Waals surface area contributed by atoms with Gasteiger partial charge in [-0.15, -0.1) is 0 Å². The van der Waals surface area contributed by atoms with Crippen LogP contribution in [0.25, 0.3) is 0 Å². The van der Waals surface area contributed by atoms with E-state index in [0.29, 0.717) is 26.2 Å². The number of hydrogen-bond donors (Lipinski definition) is 0. The summed E-state index contributed by atoms with van der Waals surface area (Å²) < 4.78 is 67.2. The molecule has 1 aromatic heterocycles. The van der Waals surface area contributed by atoms with Gasteiger partial charge in [0.05, 0.1) is 10.5 Å². The molecule has 1 aliphatic rings. The van der Waals surface area contributed by atoms with E-state index in [2.05, 4.69) is 20.9 Å². The summed E-state index contributed by atoms with van der Waals surface area (Å²) in [5, 5.41) is 0. The fourth-order valence-corrected chi connectivity index (χ4v) is 3.94. The number of benzene rings is 1. The van der Waals surface area contributed by atoms with Gasteiger partial charge in [0.2, 0.25) is 0 Å². The Bertz CT molecular complexity index is 1050. The standard InChI is InChI=1S/C19H19BrF3N3O4S/c1-31(28,29)14-3-4-16(30-12-19(21,22)23)15(10-14)18(27)26-8-6-25(7-9-26)17-5-2-13(20)11-24-17/h2-5,10-11H,6-9,12H2,1H3. The Morgan fingerprint density at radius 1 is 1.16 bits per heavy atom. The number of hydrogen-bond acceptors (Lipinski definition) is 6. The Hall–Kier alpha value is -2.34. The minimum atomic E-state index is -4.60. The Morgan fingerprint density at radius 3 is 2.39 bits per heavy atom. The summed E-state index contributed by atoms with van der Waals surface area (Å²) in [6.45, 7) is -0.0823. The monoisotopic (exact) mass is 521 g/mol. The number of carbonyl (C=O) groups is 1. The second kappa shape index (κ2) is 9.03. The van der Waals surface area contributed by atoms with Gasteiger partial charge >= 0.3 is 6.18 Å². The Balaban J connectivity index is 1.80. The van der Waals surface area contributed by atoms with Crippen LogP contribution in [0.5, 0.6) is 5.75 Å². The number of anilines is 1. The third-order valence-electron chi connectivity index (χ3n) is 4.60. The number of amides is 1. The summed E-state index contributed by atoms with van der Waals surface area (Å²) >= 11 is 3.32. The minimum absolute atomic E-state index is 0.173. The zero-order valence-corrected chi connectivity index (χ0v) is 18.8. The number of rotatable bonds is 5. The number of alkyl halides is 3. The lowest BCUT2D eigenvalue weighted by Gasteiger charge is -2.35. The number of sulfone groups is 1. The molecule has 0 aliphatic carbocycles. The van der Waals surface area contributed by atoms with Crippen molar-refractivity contribution in [2.45, 2.75) is 11.1 Å². The second-order valence-corrected chi connectivity index (χ2v) is 9.88. The maximum Gasteiger partial charge on any atom is 0.422 e. The number of piperazine rings is 1. The predicted molar refractivity (Wildman–Crippen MR) is 111 cm³/mol. The van der Waals surface area contributed by atoms with Gasteiger partial charge in [-0.05, 0) is 46.3 Å². The molecular formula is C19H19BrF3N3O4S. The first kappa shape index (κ1) is 23.3. The molecule has 1 amide bonds. The predicted octanol–water partition coefficient (Wildman–Crippen LogP) is 3.15. The fraction of sp³-hybridized carbons (Fsp3) is 0.368. The molecule has 1 fully saturated rings. The van der Waals surface area contributed by atoms with Gasteiger partial charge in [-0.2, -0.15) is 13.2 Å². The molecule has 3 rings (SSSR count). The summed E-state index contributed by atoms with van der Waals surface area (Å²) in [5.74, 6) is -0.165. The van der Waals surface area contributed by atoms with Crippen molar-refractivity contribution in [1.29, 1.82) is 0 Å². The molecule has 12 heteroatoms. The number of halogens is 4. The van der Waals surface area contributed by atoms with Crippen LogP contribution in [0.4, 0.5) is 19.0 Å². The first-order valence-corrected chi connectivity index (χ1v) is 11.8. The number of nitrogens with zero attached hydrogens (tertiary/aromatic N) is 3. The summed E-state index contributed by atoms with van der Waals surface area (Å²) in [6, 6.07) is 6.94. The van der Waals surface area contributed by atoms with Gasteiger partial charge in [0.15, 0.2) is 16.4 Å². The number of carbonyl (C=O) groups excluding carboxylic acids is 1. The molecule has 7 nitrogen and oxygen atoms in total. The SMILES string of the molecule is CS(=O)(=O)c1ccc(OCC(F)(F)F)c(C(=O)N2CCN(c3ccc(Br)cn3)CC2)c1. The molecule has 2 aromatic rings. The van der Waals surface area contributed by atoms with Crippen molar-refractivity contribution in [3.63, 3.8) is 0 Å². The Morgan fingerprint density at radius 2 is 1.84 bits per heavy atom. The van der Waals surface area contributed by atoms with Gasteiger partial charge in [-0.3, -0.25) is 4.79 Å². The average molecular weight is 522 g/mol. The highest BCUT2D eigenvalue weighted by atomic mass is 79.9. The van der Waals surface area contributed by atoms with Crippen LogP contribution in [0.2, 0.25) is 0 Å². The second-order valence-electron chi connectivity index (χ2n) is 6.95. The molecule has 1 aliphatic heterocycles. The molecule has 0 saturated carbocycles. The van der Waals surface area contributed by atoms with Crippen molar-refractivity contribution in [3.8, 4) is 5.75 Å². The summed E-state index contributed by atoms with van der Waals surface area (Å²) in [7, 11) is -3.67. The first-order valence-electron chi connectivity index (χ1n) is 9.13. The molecule has 0 spiro atoms. The van der Waals surface area contributed by atoms with E-state index in [0.717, 1.165) is 34.7 Å². The number of aromatic nitrogens is 1. The van der Waals surface area contributed by atoms with Gasteiger partial charge in [0.1, 0.15) is 11.6 Å². The van der Waals surface area contributed by atoms with Crippen LogP contribution in [0.3, 0.4) is 0 Å². The summed E-state index contributed by atoms with van der Waals surface area (Å²) in [6.07, 6.45) is -1.98. The van der Waals surface area contributed by atoms with E-state index < -0.39 is 28.5 Å². The van der Waals surface area contributed by atoms with E-state index in [4.69, 9.17) is 4.74 Å². The van der Waals surface area contributed by atoms with Crippen LogP contribution in [0, 0.1) is 0 Å². The maximum atomic E-state index is 13.0. The van der Waals surface area contributed by atoms with Gasteiger partial charge in [0, 0.05) is 43.1 Å². The van der Waals surface area contributed by atoms with Crippen LogP contribution in [0.1, 0.15) is 10.4 Å². The van der Waals surface area contributed by atoms with E-state index in [1.807, 2.05) is 17.0 Å². The van der Waals surface area contributed by atoms with E-state index >= 15 is 0 Å². The van der Waals surface area contributed by atoms with Crippen LogP contribution in [-0.2, 0) is 9.84 Å². The van der Waals surface area contributed by atoms with Crippen molar-refractivity contribution in [1.82, 2.24) is 9.88 Å². The molecule has 0 N–H and O–H groups in total. The van der Waals surface area contributed by atoms with Crippen LogP contribution < -0.4 is 9.64 Å². The lowest BCUT2D eigenvalue weighted by atomic mass is 10.1. The summed E-state index contributed by atoms with van der Waals surface area (Å²) in [5.41, 5.74) is -0.220. The van der Waals surface area contributed by atoms with E-state index in [9.17, 15) is 26.4 Å². The topological polar surface area (TPSA) is 79.8 Å². The first-order chi connectivity index (χ1) is 14.4. The molecule has 1 saturated heterocycles. The van der Waals surface area contributed by atoms with Crippen molar-refractivity contribution in [3.05, 3.63) is 46.6 Å². The number of ether oxygens (including phenoxy) is 1. The third-order valence-corrected chi connectivity index (χ3v) is 6.18. The van der Waals surface area contributed by atoms with Crippen LogP contribution in [-0.4, -0.2) is 69.4 Å². The normalized spacial score (nSPS) is 15.1. The maximum absolute atomic E-state index is 13.0. The molecule has 168 valence electrons.